The average Bonchev–Trinajstić information content (AvgIpc) is 3.44. The number of H-pyrrole nitrogens is 1. The van der Waals surface area contributed by atoms with Crippen LogP contribution in [0.25, 0.3) is 10.2 Å². The van der Waals surface area contributed by atoms with Gasteiger partial charge in [-0.15, -0.1) is 23.1 Å². The van der Waals surface area contributed by atoms with Crippen LogP contribution in [0.5, 0.6) is 0 Å². The Morgan fingerprint density at radius 2 is 2.16 bits per heavy atom. The maximum absolute atomic E-state index is 12.5. The molecule has 0 bridgehead atoms. The number of fused-ring (bicyclic) bond motifs is 3. The van der Waals surface area contributed by atoms with Crippen molar-refractivity contribution < 1.29 is 14.3 Å². The van der Waals surface area contributed by atoms with Crippen molar-refractivity contribution in [2.45, 2.75) is 25.0 Å². The molecule has 2 aliphatic rings. The Morgan fingerprint density at radius 3 is 3.00 bits per heavy atom. The third-order valence-corrected chi connectivity index (χ3v) is 7.46. The van der Waals surface area contributed by atoms with Crippen LogP contribution in [-0.2, 0) is 28.1 Å². The molecular weight excluding hydrogens is 436 g/mol. The fraction of sp³-hybridized carbons (Fsp3) is 0.333. The highest BCUT2D eigenvalue weighted by Gasteiger charge is 2.26. The molecule has 0 unspecified atom stereocenters. The summed E-state index contributed by atoms with van der Waals surface area (Å²) in [4.78, 5) is 47.9. The summed E-state index contributed by atoms with van der Waals surface area (Å²) in [5.74, 6) is 1.02. The largest absolute Gasteiger partial charge is 0.447 e. The molecule has 1 aliphatic heterocycles. The normalized spacial score (nSPS) is 15.4. The van der Waals surface area contributed by atoms with E-state index in [1.54, 1.807) is 29.5 Å². The maximum Gasteiger partial charge on any atom is 0.414 e. The predicted molar refractivity (Wildman–Crippen MR) is 122 cm³/mol. The monoisotopic (exact) mass is 456 g/mol. The molecule has 31 heavy (non-hydrogen) atoms. The van der Waals surface area contributed by atoms with Gasteiger partial charge in [0, 0.05) is 4.88 Å². The molecule has 5 rings (SSSR count). The van der Waals surface area contributed by atoms with Gasteiger partial charge in [0.1, 0.15) is 17.3 Å². The Bertz CT molecular complexity index is 1240. The number of ether oxygens (including phenoxy) is 1. The third-order valence-electron chi connectivity index (χ3n) is 5.33. The Hall–Kier alpha value is -2.85. The number of benzene rings is 1. The van der Waals surface area contributed by atoms with Crippen molar-refractivity contribution in [1.29, 1.82) is 0 Å². The lowest BCUT2D eigenvalue weighted by atomic mass is 10.2. The van der Waals surface area contributed by atoms with E-state index < -0.39 is 6.09 Å². The van der Waals surface area contributed by atoms with E-state index in [1.165, 1.54) is 21.5 Å². The second kappa shape index (κ2) is 8.35. The molecule has 2 N–H and O–H groups in total. The first-order chi connectivity index (χ1) is 15.1. The lowest BCUT2D eigenvalue weighted by Crippen LogP contribution is -2.25. The van der Waals surface area contributed by atoms with Crippen LogP contribution in [0.4, 0.5) is 16.2 Å². The average molecular weight is 457 g/mol. The first-order valence-electron chi connectivity index (χ1n) is 10.0. The smallest absolute Gasteiger partial charge is 0.414 e. The Balaban J connectivity index is 1.22. The van der Waals surface area contributed by atoms with Crippen molar-refractivity contribution in [3.63, 3.8) is 0 Å². The fourth-order valence-corrected chi connectivity index (χ4v) is 5.94. The van der Waals surface area contributed by atoms with Gasteiger partial charge in [-0.1, -0.05) is 12.1 Å². The Morgan fingerprint density at radius 1 is 1.29 bits per heavy atom. The molecule has 10 heteroatoms. The second-order valence-electron chi connectivity index (χ2n) is 7.37. The van der Waals surface area contributed by atoms with E-state index in [9.17, 15) is 14.4 Å². The van der Waals surface area contributed by atoms with Crippen molar-refractivity contribution in [3.8, 4) is 0 Å². The molecule has 2 amide bonds. The number of para-hydroxylation sites is 2. The van der Waals surface area contributed by atoms with E-state index in [-0.39, 0.29) is 17.2 Å². The van der Waals surface area contributed by atoms with E-state index in [2.05, 4.69) is 15.3 Å². The van der Waals surface area contributed by atoms with Crippen molar-refractivity contribution in [1.82, 2.24) is 9.97 Å². The van der Waals surface area contributed by atoms with Crippen molar-refractivity contribution >= 4 is 56.7 Å². The lowest BCUT2D eigenvalue weighted by molar-refractivity contribution is -0.113. The van der Waals surface area contributed by atoms with Gasteiger partial charge in [0.2, 0.25) is 5.91 Å². The minimum Gasteiger partial charge on any atom is -0.447 e. The molecule has 3 aromatic rings. The zero-order valence-electron chi connectivity index (χ0n) is 16.6. The number of cyclic esters (lactones) is 1. The van der Waals surface area contributed by atoms with Crippen molar-refractivity contribution in [3.05, 3.63) is 50.9 Å². The van der Waals surface area contributed by atoms with Gasteiger partial charge in [-0.2, -0.15) is 0 Å². The van der Waals surface area contributed by atoms with Crippen molar-refractivity contribution in [2.24, 2.45) is 0 Å². The number of carbonyl (C=O) groups is 2. The van der Waals surface area contributed by atoms with E-state index >= 15 is 0 Å². The number of nitrogens with one attached hydrogen (secondary N) is 2. The number of thiophene rings is 1. The first kappa shape index (κ1) is 20.1. The number of aromatic amines is 1. The van der Waals surface area contributed by atoms with Gasteiger partial charge in [0.25, 0.3) is 5.56 Å². The summed E-state index contributed by atoms with van der Waals surface area (Å²) in [5.41, 5.74) is 2.25. The quantitative estimate of drug-likeness (QED) is 0.590. The van der Waals surface area contributed by atoms with Crippen LogP contribution in [-0.4, -0.2) is 40.9 Å². The van der Waals surface area contributed by atoms with E-state index in [4.69, 9.17) is 4.74 Å². The Kier molecular flexibility index (Phi) is 5.41. The number of anilines is 2. The summed E-state index contributed by atoms with van der Waals surface area (Å²) in [7, 11) is 0. The van der Waals surface area contributed by atoms with Gasteiger partial charge in [-0.05, 0) is 37.0 Å². The highest BCUT2D eigenvalue weighted by molar-refractivity contribution is 7.99. The van der Waals surface area contributed by atoms with Gasteiger partial charge in [0.05, 0.1) is 34.8 Å². The minimum absolute atomic E-state index is 0.0871. The zero-order valence-corrected chi connectivity index (χ0v) is 18.2. The lowest BCUT2D eigenvalue weighted by Gasteiger charge is -2.17. The van der Waals surface area contributed by atoms with E-state index in [0.717, 1.165) is 35.0 Å². The molecule has 0 radical (unpaired) electrons. The van der Waals surface area contributed by atoms with Gasteiger partial charge < -0.3 is 15.0 Å². The summed E-state index contributed by atoms with van der Waals surface area (Å²) < 4.78 is 4.99. The van der Waals surface area contributed by atoms with Crippen LogP contribution in [0.15, 0.2) is 29.1 Å². The zero-order chi connectivity index (χ0) is 21.4. The summed E-state index contributed by atoms with van der Waals surface area (Å²) in [6.07, 6.45) is 2.66. The Labute approximate surface area is 186 Å². The number of aryl methyl sites for hydroxylation is 2. The predicted octanol–water partition coefficient (Wildman–Crippen LogP) is 3.30. The van der Waals surface area contributed by atoms with Crippen LogP contribution >= 0.6 is 23.1 Å². The summed E-state index contributed by atoms with van der Waals surface area (Å²) >= 11 is 2.98. The second-order valence-corrected chi connectivity index (χ2v) is 9.44. The van der Waals surface area contributed by atoms with Crippen LogP contribution in [0.2, 0.25) is 0 Å². The molecule has 0 atom stereocenters. The van der Waals surface area contributed by atoms with Gasteiger partial charge >= 0.3 is 6.09 Å². The number of carbonyl (C=O) groups excluding carboxylic acids is 2. The van der Waals surface area contributed by atoms with E-state index in [1.807, 2.05) is 6.07 Å². The topological polar surface area (TPSA) is 104 Å². The molecule has 0 spiro atoms. The fourth-order valence-electron chi connectivity index (χ4n) is 3.97. The number of amides is 2. The first-order valence-corrected chi connectivity index (χ1v) is 12.0. The van der Waals surface area contributed by atoms with Gasteiger partial charge in [-0.25, -0.2) is 9.78 Å². The molecule has 3 heterocycles. The standard InChI is InChI=1S/C21H20N4O4S2/c26-17(22-13-5-1-2-6-14(13)25-8-9-29-21(25)28)11-30-10-16-23-19(27)18-12-4-3-7-15(12)31-20(18)24-16/h1-2,5-6H,3-4,7-11H2,(H,22,26)(H,23,24,27). The third kappa shape index (κ3) is 3.92. The summed E-state index contributed by atoms with van der Waals surface area (Å²) in [5, 5.41) is 3.60. The number of aromatic nitrogens is 2. The molecule has 0 saturated carbocycles. The van der Waals surface area contributed by atoms with Crippen LogP contribution in [0.3, 0.4) is 0 Å². The molecule has 1 fully saturated rings. The van der Waals surface area contributed by atoms with Gasteiger partial charge in [-0.3, -0.25) is 14.5 Å². The molecule has 1 saturated heterocycles. The minimum atomic E-state index is -0.416. The highest BCUT2D eigenvalue weighted by atomic mass is 32.2. The van der Waals surface area contributed by atoms with Crippen LogP contribution in [0, 0.1) is 0 Å². The number of thioether (sulfide) groups is 1. The highest BCUT2D eigenvalue weighted by Crippen LogP contribution is 2.34. The van der Waals surface area contributed by atoms with Gasteiger partial charge in [0.15, 0.2) is 0 Å². The summed E-state index contributed by atoms with van der Waals surface area (Å²) in [6.45, 7) is 0.786. The molecule has 8 nitrogen and oxygen atoms in total. The van der Waals surface area contributed by atoms with Crippen molar-refractivity contribution in [2.75, 3.05) is 29.1 Å². The number of nitrogens with zero attached hydrogens (tertiary/aromatic N) is 2. The van der Waals surface area contributed by atoms with Crippen LogP contribution in [0.1, 0.15) is 22.7 Å². The summed E-state index contributed by atoms with van der Waals surface area (Å²) in [6, 6.07) is 7.14. The molecule has 2 aromatic heterocycles. The molecule has 1 aliphatic carbocycles. The number of rotatable bonds is 6. The number of hydrogen-bond donors (Lipinski definition) is 2. The van der Waals surface area contributed by atoms with Crippen LogP contribution < -0.4 is 15.8 Å². The molecule has 160 valence electrons. The molecule has 1 aromatic carbocycles. The SMILES string of the molecule is O=C(CSCc1nc2sc3c(c2c(=O)[nH]1)CCC3)Nc1ccccc1N1CCOC1=O. The maximum atomic E-state index is 12.5. The number of hydrogen-bond acceptors (Lipinski definition) is 7. The molecular formula is C21H20N4O4S2. The van der Waals surface area contributed by atoms with E-state index in [0.29, 0.717) is 36.1 Å².